The average Bonchev–Trinajstić information content (AvgIpc) is 2.38. The third kappa shape index (κ3) is 3.11. The van der Waals surface area contributed by atoms with E-state index in [1.807, 2.05) is 31.2 Å². The van der Waals surface area contributed by atoms with E-state index in [4.69, 9.17) is 0 Å². The van der Waals surface area contributed by atoms with E-state index >= 15 is 0 Å². The van der Waals surface area contributed by atoms with Crippen LogP contribution in [0.25, 0.3) is 0 Å². The molecule has 0 bridgehead atoms. The van der Waals surface area contributed by atoms with Gasteiger partial charge < -0.3 is 5.11 Å². The normalized spacial score (nSPS) is 28.4. The van der Waals surface area contributed by atoms with Gasteiger partial charge in [-0.3, -0.25) is 0 Å². The fraction of sp³-hybridized carbons (Fsp3) is 0.600. The van der Waals surface area contributed by atoms with E-state index in [1.54, 1.807) is 0 Å². The van der Waals surface area contributed by atoms with Gasteiger partial charge in [0.25, 0.3) is 0 Å². The van der Waals surface area contributed by atoms with Crippen molar-refractivity contribution in [1.29, 1.82) is 0 Å². The topological polar surface area (TPSA) is 20.2 Å². The molecule has 1 saturated carbocycles. The summed E-state index contributed by atoms with van der Waals surface area (Å²) in [6, 6.07) is 7.55. The Kier molecular flexibility index (Phi) is 3.90. The Balaban J connectivity index is 2.08. The second-order valence-electron chi connectivity index (χ2n) is 5.40. The van der Waals surface area contributed by atoms with Crippen molar-refractivity contribution in [2.24, 2.45) is 5.92 Å². The molecule has 0 unspecified atom stereocenters. The summed E-state index contributed by atoms with van der Waals surface area (Å²) < 4.78 is 37.8. The molecule has 1 aliphatic carbocycles. The van der Waals surface area contributed by atoms with Gasteiger partial charge >= 0.3 is 6.18 Å². The highest BCUT2D eigenvalue weighted by molar-refractivity contribution is 5.27. The van der Waals surface area contributed by atoms with Gasteiger partial charge in [-0.2, -0.15) is 13.2 Å². The predicted octanol–water partition coefficient (Wildman–Crippen LogP) is 4.19. The van der Waals surface area contributed by atoms with Crippen molar-refractivity contribution >= 4 is 0 Å². The number of alkyl halides is 3. The number of aliphatic hydroxyl groups is 1. The summed E-state index contributed by atoms with van der Waals surface area (Å²) in [4.78, 5) is 0. The number of hydrogen-bond acceptors (Lipinski definition) is 1. The van der Waals surface area contributed by atoms with Gasteiger partial charge in [0.2, 0.25) is 0 Å². The molecular weight excluding hydrogens is 253 g/mol. The number of benzene rings is 1. The lowest BCUT2D eigenvalue weighted by Gasteiger charge is -2.37. The van der Waals surface area contributed by atoms with Crippen molar-refractivity contribution in [1.82, 2.24) is 0 Å². The average molecular weight is 272 g/mol. The Bertz CT molecular complexity index is 414. The molecule has 0 spiro atoms. The van der Waals surface area contributed by atoms with Crippen LogP contribution in [0, 0.1) is 5.92 Å². The monoisotopic (exact) mass is 272 g/mol. The maximum atomic E-state index is 12.6. The van der Waals surface area contributed by atoms with Crippen LogP contribution in [0.1, 0.15) is 43.7 Å². The van der Waals surface area contributed by atoms with Crippen LogP contribution in [0.3, 0.4) is 0 Å². The van der Waals surface area contributed by atoms with E-state index < -0.39 is 17.7 Å². The van der Waals surface area contributed by atoms with Gasteiger partial charge in [-0.05, 0) is 43.2 Å². The van der Waals surface area contributed by atoms with Crippen LogP contribution in [-0.2, 0) is 12.0 Å². The Hall–Kier alpha value is -1.03. The molecule has 0 radical (unpaired) electrons. The van der Waals surface area contributed by atoms with E-state index in [0.717, 1.165) is 17.5 Å². The quantitative estimate of drug-likeness (QED) is 0.856. The van der Waals surface area contributed by atoms with E-state index in [2.05, 4.69) is 0 Å². The second kappa shape index (κ2) is 5.16. The van der Waals surface area contributed by atoms with Gasteiger partial charge in [-0.1, -0.05) is 31.2 Å². The van der Waals surface area contributed by atoms with Gasteiger partial charge in [0.15, 0.2) is 0 Å². The van der Waals surface area contributed by atoms with Gasteiger partial charge in [0.05, 0.1) is 11.5 Å². The molecule has 0 heterocycles. The summed E-state index contributed by atoms with van der Waals surface area (Å²) in [6.45, 7) is 2.04. The van der Waals surface area contributed by atoms with Crippen LogP contribution in [0.15, 0.2) is 24.3 Å². The molecule has 1 N–H and O–H groups in total. The molecule has 1 aliphatic rings. The maximum Gasteiger partial charge on any atom is 0.391 e. The highest BCUT2D eigenvalue weighted by atomic mass is 19.4. The molecule has 0 aliphatic heterocycles. The first-order valence-electron chi connectivity index (χ1n) is 6.73. The number of hydrogen-bond donors (Lipinski definition) is 1. The van der Waals surface area contributed by atoms with Crippen molar-refractivity contribution in [2.75, 3.05) is 0 Å². The molecule has 0 atom stereocenters. The molecule has 1 aromatic rings. The Morgan fingerprint density at radius 2 is 1.68 bits per heavy atom. The zero-order valence-corrected chi connectivity index (χ0v) is 11.0. The van der Waals surface area contributed by atoms with Crippen LogP contribution < -0.4 is 0 Å². The Morgan fingerprint density at radius 3 is 2.11 bits per heavy atom. The third-order valence-corrected chi connectivity index (χ3v) is 4.18. The van der Waals surface area contributed by atoms with Crippen LogP contribution in [0.5, 0.6) is 0 Å². The first-order chi connectivity index (χ1) is 8.85. The fourth-order valence-corrected chi connectivity index (χ4v) is 2.76. The summed E-state index contributed by atoms with van der Waals surface area (Å²) in [6.07, 6.45) is -2.83. The fourth-order valence-electron chi connectivity index (χ4n) is 2.76. The highest BCUT2D eigenvalue weighted by Crippen LogP contribution is 2.45. The molecule has 2 rings (SSSR count). The molecule has 0 saturated heterocycles. The lowest BCUT2D eigenvalue weighted by Crippen LogP contribution is -2.36. The number of rotatable bonds is 2. The number of aryl methyl sites for hydroxylation is 1. The minimum Gasteiger partial charge on any atom is -0.385 e. The Morgan fingerprint density at radius 1 is 1.16 bits per heavy atom. The van der Waals surface area contributed by atoms with Crippen molar-refractivity contribution in [2.45, 2.75) is 50.8 Å². The van der Waals surface area contributed by atoms with Crippen molar-refractivity contribution in [3.63, 3.8) is 0 Å². The summed E-state index contributed by atoms with van der Waals surface area (Å²) >= 11 is 0. The molecule has 0 amide bonds. The van der Waals surface area contributed by atoms with Crippen molar-refractivity contribution in [3.05, 3.63) is 35.4 Å². The van der Waals surface area contributed by atoms with E-state index in [0.29, 0.717) is 0 Å². The van der Waals surface area contributed by atoms with Crippen molar-refractivity contribution in [3.8, 4) is 0 Å². The predicted molar refractivity (Wildman–Crippen MR) is 67.7 cm³/mol. The molecular formula is C15H19F3O. The molecule has 1 aromatic carbocycles. The zero-order chi connectivity index (χ0) is 14.1. The second-order valence-corrected chi connectivity index (χ2v) is 5.40. The van der Waals surface area contributed by atoms with Gasteiger partial charge in [-0.25, -0.2) is 0 Å². The Labute approximate surface area is 111 Å². The molecule has 4 heteroatoms. The maximum absolute atomic E-state index is 12.6. The molecule has 19 heavy (non-hydrogen) atoms. The third-order valence-electron chi connectivity index (χ3n) is 4.18. The first-order valence-corrected chi connectivity index (χ1v) is 6.73. The summed E-state index contributed by atoms with van der Waals surface area (Å²) in [5.74, 6) is -1.26. The van der Waals surface area contributed by atoms with E-state index in [1.165, 1.54) is 0 Å². The van der Waals surface area contributed by atoms with Crippen LogP contribution in [0.2, 0.25) is 0 Å². The van der Waals surface area contributed by atoms with Crippen LogP contribution in [-0.4, -0.2) is 11.3 Å². The van der Waals surface area contributed by atoms with Crippen molar-refractivity contribution < 1.29 is 18.3 Å². The standard InChI is InChI=1S/C15H19F3O/c1-2-11-3-5-12(6-4-11)14(19)9-7-13(8-10-14)15(16,17)18/h3-6,13,19H,2,7-10H2,1H3. The van der Waals surface area contributed by atoms with E-state index in [-0.39, 0.29) is 25.7 Å². The minimum absolute atomic E-state index is 0.00945. The van der Waals surface area contributed by atoms with Gasteiger partial charge in [0, 0.05) is 0 Å². The molecule has 1 fully saturated rings. The zero-order valence-electron chi connectivity index (χ0n) is 11.0. The van der Waals surface area contributed by atoms with E-state index in [9.17, 15) is 18.3 Å². The van der Waals surface area contributed by atoms with Crippen LogP contribution >= 0.6 is 0 Å². The lowest BCUT2D eigenvalue weighted by molar-refractivity contribution is -0.193. The lowest BCUT2D eigenvalue weighted by atomic mass is 9.75. The molecule has 0 aromatic heterocycles. The number of halogens is 3. The van der Waals surface area contributed by atoms with Gasteiger partial charge in [0.1, 0.15) is 0 Å². The molecule has 106 valence electrons. The molecule has 1 nitrogen and oxygen atoms in total. The van der Waals surface area contributed by atoms with Gasteiger partial charge in [-0.15, -0.1) is 0 Å². The smallest absolute Gasteiger partial charge is 0.385 e. The summed E-state index contributed by atoms with van der Waals surface area (Å²) in [5, 5.41) is 10.5. The largest absolute Gasteiger partial charge is 0.391 e. The first kappa shape index (κ1) is 14.4. The summed E-state index contributed by atoms with van der Waals surface area (Å²) in [5.41, 5.74) is 0.815. The van der Waals surface area contributed by atoms with Crippen LogP contribution in [0.4, 0.5) is 13.2 Å². The minimum atomic E-state index is -4.13. The SMILES string of the molecule is CCc1ccc(C2(O)CCC(C(F)(F)F)CC2)cc1. The summed E-state index contributed by atoms with van der Waals surface area (Å²) in [7, 11) is 0. The highest BCUT2D eigenvalue weighted by Gasteiger charge is 2.45.